The van der Waals surface area contributed by atoms with Gasteiger partial charge in [0.2, 0.25) is 5.91 Å². The third-order valence-corrected chi connectivity index (χ3v) is 4.68. The van der Waals surface area contributed by atoms with E-state index in [-0.39, 0.29) is 23.8 Å². The third-order valence-electron chi connectivity index (χ3n) is 4.68. The van der Waals surface area contributed by atoms with Crippen LogP contribution in [-0.4, -0.2) is 53.7 Å². The first-order valence-electron chi connectivity index (χ1n) is 8.29. The number of β-amino-alcohol motifs (C(OH)–C–C–N with tert-alkyl or cyclic N) is 1. The number of piperidine rings is 1. The molecule has 126 valence electrons. The van der Waals surface area contributed by atoms with Gasteiger partial charge >= 0.3 is 0 Å². The first-order chi connectivity index (χ1) is 11.1. The Hall–Kier alpha value is -1.50. The monoisotopic (exact) mass is 321 g/mol. The van der Waals surface area contributed by atoms with Crippen LogP contribution in [0.15, 0.2) is 24.3 Å². The summed E-state index contributed by atoms with van der Waals surface area (Å²) in [5.41, 5.74) is 1.11. The molecule has 6 heteroatoms. The minimum Gasteiger partial charge on any atom is -0.392 e. The lowest BCUT2D eigenvalue weighted by Crippen LogP contribution is -2.49. The number of amides is 1. The van der Waals surface area contributed by atoms with Gasteiger partial charge in [0.1, 0.15) is 5.82 Å². The zero-order valence-electron chi connectivity index (χ0n) is 13.2. The van der Waals surface area contributed by atoms with Crippen molar-refractivity contribution in [2.75, 3.05) is 19.6 Å². The molecule has 3 N–H and O–H groups in total. The predicted molar refractivity (Wildman–Crippen MR) is 85.3 cm³/mol. The van der Waals surface area contributed by atoms with Crippen LogP contribution < -0.4 is 10.6 Å². The minimum atomic E-state index is -0.414. The van der Waals surface area contributed by atoms with Gasteiger partial charge in [0, 0.05) is 32.2 Å². The Balaban J connectivity index is 1.41. The van der Waals surface area contributed by atoms with Gasteiger partial charge in [-0.25, -0.2) is 4.39 Å². The van der Waals surface area contributed by atoms with E-state index >= 15 is 0 Å². The van der Waals surface area contributed by atoms with E-state index in [1.54, 1.807) is 0 Å². The van der Waals surface area contributed by atoms with Crippen LogP contribution in [0.4, 0.5) is 4.39 Å². The molecule has 2 heterocycles. The Morgan fingerprint density at radius 2 is 2.00 bits per heavy atom. The molecule has 23 heavy (non-hydrogen) atoms. The molecule has 3 rings (SSSR count). The number of likely N-dealkylation sites (tertiary alicyclic amines) is 1. The third kappa shape index (κ3) is 4.50. The number of nitrogens with zero attached hydrogens (tertiary/aromatic N) is 1. The van der Waals surface area contributed by atoms with Crippen LogP contribution in [0.25, 0.3) is 0 Å². The number of aliphatic hydroxyl groups is 1. The molecule has 2 aliphatic rings. The second-order valence-electron chi connectivity index (χ2n) is 6.54. The van der Waals surface area contributed by atoms with Crippen molar-refractivity contribution in [3.63, 3.8) is 0 Å². The van der Waals surface area contributed by atoms with Crippen LogP contribution in [0.2, 0.25) is 0 Å². The summed E-state index contributed by atoms with van der Waals surface area (Å²) in [4.78, 5) is 14.5. The molecule has 2 aliphatic heterocycles. The first-order valence-corrected chi connectivity index (χ1v) is 8.29. The lowest BCUT2D eigenvalue weighted by Gasteiger charge is -2.32. The lowest BCUT2D eigenvalue weighted by molar-refractivity contribution is -0.124. The van der Waals surface area contributed by atoms with Gasteiger partial charge in [-0.15, -0.1) is 0 Å². The zero-order chi connectivity index (χ0) is 16.2. The smallest absolute Gasteiger partial charge is 0.237 e. The van der Waals surface area contributed by atoms with Crippen molar-refractivity contribution in [1.29, 1.82) is 0 Å². The Kier molecular flexibility index (Phi) is 5.25. The van der Waals surface area contributed by atoms with Crippen LogP contribution in [-0.2, 0) is 11.3 Å². The van der Waals surface area contributed by atoms with Crippen molar-refractivity contribution in [2.24, 2.45) is 0 Å². The topological polar surface area (TPSA) is 64.6 Å². The molecule has 1 aromatic carbocycles. The normalized spacial score (nSPS) is 26.3. The molecule has 2 saturated heterocycles. The second kappa shape index (κ2) is 7.38. The van der Waals surface area contributed by atoms with Crippen LogP contribution in [0.1, 0.15) is 24.8 Å². The average molecular weight is 321 g/mol. The highest BCUT2D eigenvalue weighted by atomic mass is 19.1. The molecule has 1 aromatic rings. The molecule has 0 aromatic heterocycles. The van der Waals surface area contributed by atoms with E-state index in [0.717, 1.165) is 38.0 Å². The summed E-state index contributed by atoms with van der Waals surface area (Å²) >= 11 is 0. The van der Waals surface area contributed by atoms with Crippen LogP contribution in [0, 0.1) is 5.82 Å². The number of nitrogens with one attached hydrogen (secondary N) is 2. The summed E-state index contributed by atoms with van der Waals surface area (Å²) < 4.78 is 12.9. The van der Waals surface area contributed by atoms with Crippen LogP contribution in [0.3, 0.4) is 0 Å². The summed E-state index contributed by atoms with van der Waals surface area (Å²) in [6.07, 6.45) is 1.92. The van der Waals surface area contributed by atoms with Gasteiger partial charge in [0.05, 0.1) is 12.1 Å². The SMILES string of the molecule is O=C(NC1CCN(Cc2ccc(F)cc2)CC1)C1CC(O)CN1. The highest BCUT2D eigenvalue weighted by molar-refractivity contribution is 5.82. The number of carbonyl (C=O) groups excluding carboxylic acids is 1. The van der Waals surface area contributed by atoms with Gasteiger partial charge in [0.25, 0.3) is 0 Å². The van der Waals surface area contributed by atoms with Crippen molar-refractivity contribution >= 4 is 5.91 Å². The molecule has 5 nitrogen and oxygen atoms in total. The highest BCUT2D eigenvalue weighted by Gasteiger charge is 2.30. The van der Waals surface area contributed by atoms with Crippen LogP contribution in [0.5, 0.6) is 0 Å². The van der Waals surface area contributed by atoms with E-state index in [0.29, 0.717) is 13.0 Å². The number of hydrogen-bond acceptors (Lipinski definition) is 4. The van der Waals surface area contributed by atoms with Crippen molar-refractivity contribution in [1.82, 2.24) is 15.5 Å². The maximum absolute atomic E-state index is 12.9. The first kappa shape index (κ1) is 16.4. The quantitative estimate of drug-likeness (QED) is 0.761. The fourth-order valence-electron chi connectivity index (χ4n) is 3.30. The minimum absolute atomic E-state index is 0.00136. The number of aliphatic hydroxyl groups excluding tert-OH is 1. The molecule has 2 fully saturated rings. The predicted octanol–water partition coefficient (Wildman–Crippen LogP) is 0.629. The Morgan fingerprint density at radius 1 is 1.30 bits per heavy atom. The summed E-state index contributed by atoms with van der Waals surface area (Å²) in [5, 5.41) is 15.6. The molecule has 0 bridgehead atoms. The highest BCUT2D eigenvalue weighted by Crippen LogP contribution is 2.15. The summed E-state index contributed by atoms with van der Waals surface area (Å²) in [6.45, 7) is 3.15. The van der Waals surface area contributed by atoms with Crippen molar-refractivity contribution < 1.29 is 14.3 Å². The maximum Gasteiger partial charge on any atom is 0.237 e. The van der Waals surface area contributed by atoms with Gasteiger partial charge in [-0.1, -0.05) is 12.1 Å². The molecular weight excluding hydrogens is 297 g/mol. The summed E-state index contributed by atoms with van der Waals surface area (Å²) in [6, 6.07) is 6.56. The standard InChI is InChI=1S/C17H24FN3O2/c18-13-3-1-12(2-4-13)11-21-7-5-14(6-8-21)20-17(23)16-9-15(22)10-19-16/h1-4,14-16,19,22H,5-11H2,(H,20,23). The molecule has 2 atom stereocenters. The lowest BCUT2D eigenvalue weighted by atomic mass is 10.0. The van der Waals surface area contributed by atoms with Crippen LogP contribution >= 0.6 is 0 Å². The van der Waals surface area contributed by atoms with E-state index in [2.05, 4.69) is 15.5 Å². The van der Waals surface area contributed by atoms with Crippen molar-refractivity contribution in [3.05, 3.63) is 35.6 Å². The molecule has 2 unspecified atom stereocenters. The van der Waals surface area contributed by atoms with Crippen molar-refractivity contribution in [3.8, 4) is 0 Å². The second-order valence-corrected chi connectivity index (χ2v) is 6.54. The van der Waals surface area contributed by atoms with Gasteiger partial charge < -0.3 is 15.7 Å². The number of rotatable bonds is 4. The van der Waals surface area contributed by atoms with E-state index in [4.69, 9.17) is 0 Å². The maximum atomic E-state index is 12.9. The number of benzene rings is 1. The molecule has 0 saturated carbocycles. The van der Waals surface area contributed by atoms with E-state index in [1.165, 1.54) is 12.1 Å². The van der Waals surface area contributed by atoms with Gasteiger partial charge in [-0.3, -0.25) is 9.69 Å². The Morgan fingerprint density at radius 3 is 2.61 bits per heavy atom. The average Bonchev–Trinajstić information content (AvgIpc) is 2.98. The van der Waals surface area contributed by atoms with E-state index in [1.807, 2.05) is 12.1 Å². The van der Waals surface area contributed by atoms with Gasteiger partial charge in [-0.05, 0) is 37.0 Å². The van der Waals surface area contributed by atoms with E-state index in [9.17, 15) is 14.3 Å². The summed E-state index contributed by atoms with van der Waals surface area (Å²) in [7, 11) is 0. The molecule has 0 radical (unpaired) electrons. The molecule has 0 spiro atoms. The number of carbonyl (C=O) groups is 1. The molecule has 0 aliphatic carbocycles. The fourth-order valence-corrected chi connectivity index (χ4v) is 3.30. The Bertz CT molecular complexity index is 529. The Labute approximate surface area is 135 Å². The van der Waals surface area contributed by atoms with Gasteiger partial charge in [-0.2, -0.15) is 0 Å². The van der Waals surface area contributed by atoms with E-state index < -0.39 is 6.10 Å². The fraction of sp³-hybridized carbons (Fsp3) is 0.588. The number of halogens is 1. The number of hydrogen-bond donors (Lipinski definition) is 3. The largest absolute Gasteiger partial charge is 0.392 e. The molecular formula is C17H24FN3O2. The zero-order valence-corrected chi connectivity index (χ0v) is 13.2. The van der Waals surface area contributed by atoms with Crippen molar-refractivity contribution in [2.45, 2.75) is 44.0 Å². The molecule has 1 amide bonds. The summed E-state index contributed by atoms with van der Waals surface area (Å²) in [5.74, 6) is -0.209. The van der Waals surface area contributed by atoms with Gasteiger partial charge in [0.15, 0.2) is 0 Å².